The molecule has 0 bridgehead atoms. The number of carbonyl (C=O) groups is 1. The van der Waals surface area contributed by atoms with E-state index in [4.69, 9.17) is 0 Å². The van der Waals surface area contributed by atoms with E-state index in [0.717, 1.165) is 36.5 Å². The Morgan fingerprint density at radius 3 is 2.68 bits per heavy atom. The molecule has 19 heavy (non-hydrogen) atoms. The maximum Gasteiger partial charge on any atom is 0.261 e. The molecule has 1 unspecified atom stereocenters. The third-order valence-corrected chi connectivity index (χ3v) is 5.68. The Kier molecular flexibility index (Phi) is 3.20. The van der Waals surface area contributed by atoms with Gasteiger partial charge in [-0.1, -0.05) is 20.8 Å². The summed E-state index contributed by atoms with van der Waals surface area (Å²) >= 11 is 1.71. The van der Waals surface area contributed by atoms with Crippen molar-refractivity contribution in [3.63, 3.8) is 0 Å². The van der Waals surface area contributed by atoms with E-state index >= 15 is 0 Å². The van der Waals surface area contributed by atoms with Gasteiger partial charge in [0.1, 0.15) is 0 Å². The molecule has 0 spiro atoms. The highest BCUT2D eigenvalue weighted by atomic mass is 32.1. The summed E-state index contributed by atoms with van der Waals surface area (Å²) in [5.74, 6) is 0.892. The van der Waals surface area contributed by atoms with Crippen molar-refractivity contribution in [1.29, 1.82) is 0 Å². The third-order valence-electron chi connectivity index (χ3n) is 4.44. The third kappa shape index (κ3) is 2.86. The minimum Gasteiger partial charge on any atom is -0.349 e. The van der Waals surface area contributed by atoms with Crippen LogP contribution >= 0.6 is 11.3 Å². The van der Waals surface area contributed by atoms with E-state index in [0.29, 0.717) is 11.5 Å². The van der Waals surface area contributed by atoms with Crippen LogP contribution in [0.3, 0.4) is 0 Å². The minimum absolute atomic E-state index is 0.147. The molecule has 0 aliphatic heterocycles. The highest BCUT2D eigenvalue weighted by Gasteiger charge is 2.31. The van der Waals surface area contributed by atoms with Gasteiger partial charge in [-0.05, 0) is 55.1 Å². The molecule has 1 fully saturated rings. The van der Waals surface area contributed by atoms with Crippen molar-refractivity contribution in [3.8, 4) is 0 Å². The van der Waals surface area contributed by atoms with Gasteiger partial charge in [-0.3, -0.25) is 4.79 Å². The molecule has 0 radical (unpaired) electrons. The quantitative estimate of drug-likeness (QED) is 0.875. The molecule has 1 atom stereocenters. The number of rotatable bonds is 2. The fourth-order valence-corrected chi connectivity index (χ4v) is 3.97. The van der Waals surface area contributed by atoms with Gasteiger partial charge in [-0.15, -0.1) is 11.3 Å². The van der Waals surface area contributed by atoms with Gasteiger partial charge in [0.2, 0.25) is 0 Å². The fourth-order valence-electron chi connectivity index (χ4n) is 2.86. The first kappa shape index (κ1) is 13.2. The van der Waals surface area contributed by atoms with Crippen molar-refractivity contribution in [2.24, 2.45) is 11.3 Å². The van der Waals surface area contributed by atoms with Crippen LogP contribution in [0.1, 0.15) is 60.1 Å². The zero-order valence-electron chi connectivity index (χ0n) is 12.1. The standard InChI is InChI=1S/C16H23NOS/c1-16(2,3)11-4-7-13-10(8-11)9-14(19-13)15(18)17-12-5-6-12/h9,11-12H,4-8H2,1-3H3,(H,17,18). The summed E-state index contributed by atoms with van der Waals surface area (Å²) in [7, 11) is 0. The second-order valence-electron chi connectivity index (χ2n) is 7.11. The fraction of sp³-hybridized carbons (Fsp3) is 0.688. The molecule has 1 heterocycles. The Hall–Kier alpha value is -0.830. The van der Waals surface area contributed by atoms with Crippen molar-refractivity contribution >= 4 is 17.2 Å². The van der Waals surface area contributed by atoms with Crippen LogP contribution in [-0.4, -0.2) is 11.9 Å². The molecule has 0 saturated heterocycles. The van der Waals surface area contributed by atoms with E-state index < -0.39 is 0 Å². The van der Waals surface area contributed by atoms with Gasteiger partial charge >= 0.3 is 0 Å². The molecule has 2 aliphatic carbocycles. The monoisotopic (exact) mass is 277 g/mol. The van der Waals surface area contributed by atoms with E-state index in [1.165, 1.54) is 16.9 Å². The van der Waals surface area contributed by atoms with Crippen LogP contribution in [-0.2, 0) is 12.8 Å². The van der Waals surface area contributed by atoms with E-state index in [9.17, 15) is 4.79 Å². The second-order valence-corrected chi connectivity index (χ2v) is 8.25. The number of carbonyl (C=O) groups excluding carboxylic acids is 1. The normalized spacial score (nSPS) is 23.0. The Bertz CT molecular complexity index is 493. The first-order chi connectivity index (χ1) is 8.93. The number of aryl methyl sites for hydroxylation is 1. The number of nitrogens with one attached hydrogen (secondary N) is 1. The largest absolute Gasteiger partial charge is 0.349 e. The molecule has 1 saturated carbocycles. The molecular formula is C16H23NOS. The second kappa shape index (κ2) is 4.62. The highest BCUT2D eigenvalue weighted by molar-refractivity contribution is 7.14. The Morgan fingerprint density at radius 2 is 2.05 bits per heavy atom. The topological polar surface area (TPSA) is 29.1 Å². The summed E-state index contributed by atoms with van der Waals surface area (Å²) in [6, 6.07) is 2.60. The Labute approximate surface area is 119 Å². The maximum atomic E-state index is 12.1. The maximum absolute atomic E-state index is 12.1. The molecule has 2 nitrogen and oxygen atoms in total. The average Bonchev–Trinajstić information content (AvgIpc) is 3.03. The van der Waals surface area contributed by atoms with Crippen LogP contribution in [0, 0.1) is 11.3 Å². The van der Waals surface area contributed by atoms with Gasteiger partial charge in [0.15, 0.2) is 0 Å². The van der Waals surface area contributed by atoms with Crippen molar-refractivity contribution in [1.82, 2.24) is 5.32 Å². The van der Waals surface area contributed by atoms with Crippen LogP contribution in [0.15, 0.2) is 6.07 Å². The van der Waals surface area contributed by atoms with Crippen molar-refractivity contribution in [2.75, 3.05) is 0 Å². The smallest absolute Gasteiger partial charge is 0.261 e. The Morgan fingerprint density at radius 1 is 1.32 bits per heavy atom. The number of hydrogen-bond donors (Lipinski definition) is 1. The van der Waals surface area contributed by atoms with Crippen molar-refractivity contribution in [3.05, 3.63) is 21.4 Å². The molecular weight excluding hydrogens is 254 g/mol. The lowest BCUT2D eigenvalue weighted by atomic mass is 9.72. The molecule has 1 amide bonds. The van der Waals surface area contributed by atoms with E-state index in [-0.39, 0.29) is 5.91 Å². The van der Waals surface area contributed by atoms with Crippen LogP contribution in [0.2, 0.25) is 0 Å². The molecule has 3 heteroatoms. The Balaban J connectivity index is 1.74. The van der Waals surface area contributed by atoms with Crippen LogP contribution in [0.5, 0.6) is 0 Å². The highest BCUT2D eigenvalue weighted by Crippen LogP contribution is 2.40. The average molecular weight is 277 g/mol. The van der Waals surface area contributed by atoms with Crippen molar-refractivity contribution in [2.45, 2.75) is 58.9 Å². The number of thiophene rings is 1. The van der Waals surface area contributed by atoms with Crippen LogP contribution < -0.4 is 5.32 Å². The summed E-state index contributed by atoms with van der Waals surface area (Å²) < 4.78 is 0. The molecule has 3 rings (SSSR count). The van der Waals surface area contributed by atoms with Gasteiger partial charge in [0.25, 0.3) is 5.91 Å². The predicted molar refractivity (Wildman–Crippen MR) is 79.8 cm³/mol. The van der Waals surface area contributed by atoms with Crippen LogP contribution in [0.4, 0.5) is 0 Å². The van der Waals surface area contributed by atoms with Crippen LogP contribution in [0.25, 0.3) is 0 Å². The van der Waals surface area contributed by atoms with Gasteiger partial charge in [-0.2, -0.15) is 0 Å². The van der Waals surface area contributed by atoms with Gasteiger partial charge in [0, 0.05) is 10.9 Å². The van der Waals surface area contributed by atoms with E-state index in [1.54, 1.807) is 11.3 Å². The number of fused-ring (bicyclic) bond motifs is 1. The van der Waals surface area contributed by atoms with Crippen molar-refractivity contribution < 1.29 is 4.79 Å². The molecule has 2 aliphatic rings. The molecule has 0 aromatic carbocycles. The zero-order chi connectivity index (χ0) is 13.6. The first-order valence-electron chi connectivity index (χ1n) is 7.36. The van der Waals surface area contributed by atoms with E-state index in [2.05, 4.69) is 32.2 Å². The summed E-state index contributed by atoms with van der Waals surface area (Å²) in [6.45, 7) is 6.99. The number of amides is 1. The molecule has 104 valence electrons. The lowest BCUT2D eigenvalue weighted by Crippen LogP contribution is -2.26. The summed E-state index contributed by atoms with van der Waals surface area (Å²) in [5, 5.41) is 3.09. The summed E-state index contributed by atoms with van der Waals surface area (Å²) in [6.07, 6.45) is 5.87. The van der Waals surface area contributed by atoms with Gasteiger partial charge in [-0.25, -0.2) is 0 Å². The minimum atomic E-state index is 0.147. The lowest BCUT2D eigenvalue weighted by molar-refractivity contribution is 0.0955. The lowest BCUT2D eigenvalue weighted by Gasteiger charge is -2.33. The predicted octanol–water partition coefficient (Wildman–Crippen LogP) is 3.79. The SMILES string of the molecule is CC(C)(C)C1CCc2sc(C(=O)NC3CC3)cc2C1. The van der Waals surface area contributed by atoms with E-state index in [1.807, 2.05) is 0 Å². The summed E-state index contributed by atoms with van der Waals surface area (Å²) in [5.41, 5.74) is 1.80. The zero-order valence-corrected chi connectivity index (χ0v) is 12.9. The van der Waals surface area contributed by atoms with Gasteiger partial charge in [0.05, 0.1) is 4.88 Å². The molecule has 1 aromatic rings. The molecule has 1 N–H and O–H groups in total. The molecule has 1 aromatic heterocycles. The first-order valence-corrected chi connectivity index (χ1v) is 8.17. The summed E-state index contributed by atoms with van der Waals surface area (Å²) in [4.78, 5) is 14.5. The number of hydrogen-bond acceptors (Lipinski definition) is 2. The van der Waals surface area contributed by atoms with Gasteiger partial charge < -0.3 is 5.32 Å².